The Hall–Kier alpha value is -2.10. The number of esters is 2. The minimum Gasteiger partial charge on any atom is -0.462 e. The maximum Gasteiger partial charge on any atom is 0.345 e. The molecule has 1 aromatic carbocycles. The molecule has 108 valence electrons. The second-order valence-electron chi connectivity index (χ2n) is 4.30. The van der Waals surface area contributed by atoms with Crippen molar-refractivity contribution < 1.29 is 19.1 Å². The third kappa shape index (κ3) is 3.95. The zero-order valence-corrected chi connectivity index (χ0v) is 12.4. The number of hydrogen-bond donors (Lipinski definition) is 0. The molecule has 0 atom stereocenters. The molecule has 1 aromatic rings. The molecule has 0 aliphatic rings. The molecule has 0 fully saturated rings. The van der Waals surface area contributed by atoms with Crippen LogP contribution < -0.4 is 0 Å². The lowest BCUT2D eigenvalue weighted by atomic mass is 10.0. The van der Waals surface area contributed by atoms with E-state index in [1.54, 1.807) is 19.9 Å². The normalized spacial score (nSPS) is 9.80. The van der Waals surface area contributed by atoms with Crippen LogP contribution in [-0.2, 0) is 19.1 Å². The molecule has 0 N–H and O–H groups in total. The highest BCUT2D eigenvalue weighted by atomic mass is 16.6. The van der Waals surface area contributed by atoms with Crippen LogP contribution in [0, 0.1) is 13.8 Å². The SMILES string of the molecule is CCOC(=O)C(=Cc1c(C)cccc1C)C(=O)OCC. The molecule has 0 unspecified atom stereocenters. The first-order chi connectivity index (χ1) is 9.51. The van der Waals surface area contributed by atoms with Gasteiger partial charge in [-0.05, 0) is 50.5 Å². The van der Waals surface area contributed by atoms with Crippen LogP contribution in [-0.4, -0.2) is 25.2 Å². The fraction of sp³-hybridized carbons (Fsp3) is 0.375. The summed E-state index contributed by atoms with van der Waals surface area (Å²) in [6.07, 6.45) is 1.54. The number of rotatable bonds is 5. The molecule has 20 heavy (non-hydrogen) atoms. The first-order valence-corrected chi connectivity index (χ1v) is 6.63. The van der Waals surface area contributed by atoms with Crippen LogP contribution in [0.15, 0.2) is 23.8 Å². The summed E-state index contributed by atoms with van der Waals surface area (Å²) >= 11 is 0. The standard InChI is InChI=1S/C16H20O4/c1-5-19-15(17)14(16(18)20-6-2)10-13-11(3)8-7-9-12(13)4/h7-10H,5-6H2,1-4H3. The van der Waals surface area contributed by atoms with E-state index in [-0.39, 0.29) is 18.8 Å². The Labute approximate surface area is 119 Å². The zero-order chi connectivity index (χ0) is 15.1. The summed E-state index contributed by atoms with van der Waals surface area (Å²) in [7, 11) is 0. The molecule has 0 radical (unpaired) electrons. The summed E-state index contributed by atoms with van der Waals surface area (Å²) in [6.45, 7) is 7.66. The van der Waals surface area contributed by atoms with E-state index in [9.17, 15) is 9.59 Å². The summed E-state index contributed by atoms with van der Waals surface area (Å²) < 4.78 is 9.83. The van der Waals surface area contributed by atoms with Gasteiger partial charge in [-0.25, -0.2) is 9.59 Å². The van der Waals surface area contributed by atoms with Gasteiger partial charge in [-0.1, -0.05) is 18.2 Å². The van der Waals surface area contributed by atoms with Crippen molar-refractivity contribution in [2.75, 3.05) is 13.2 Å². The fourth-order valence-electron chi connectivity index (χ4n) is 1.82. The first kappa shape index (κ1) is 16.0. The highest BCUT2D eigenvalue weighted by Gasteiger charge is 2.21. The first-order valence-electron chi connectivity index (χ1n) is 6.63. The lowest BCUT2D eigenvalue weighted by Gasteiger charge is -2.09. The molecule has 0 saturated heterocycles. The van der Waals surface area contributed by atoms with Crippen molar-refractivity contribution in [2.45, 2.75) is 27.7 Å². The summed E-state index contributed by atoms with van der Waals surface area (Å²) in [5.41, 5.74) is 2.72. The Balaban J connectivity index is 3.25. The number of carbonyl (C=O) groups excluding carboxylic acids is 2. The smallest absolute Gasteiger partial charge is 0.345 e. The van der Waals surface area contributed by atoms with Crippen molar-refractivity contribution in [1.29, 1.82) is 0 Å². The van der Waals surface area contributed by atoms with Crippen molar-refractivity contribution in [1.82, 2.24) is 0 Å². The van der Waals surface area contributed by atoms with E-state index in [2.05, 4.69) is 0 Å². The van der Waals surface area contributed by atoms with E-state index in [1.807, 2.05) is 32.0 Å². The van der Waals surface area contributed by atoms with Gasteiger partial charge in [0.2, 0.25) is 0 Å². The Bertz CT molecular complexity index is 489. The number of carbonyl (C=O) groups is 2. The van der Waals surface area contributed by atoms with Crippen molar-refractivity contribution >= 4 is 18.0 Å². The molecule has 0 bridgehead atoms. The number of hydrogen-bond acceptors (Lipinski definition) is 4. The van der Waals surface area contributed by atoms with E-state index >= 15 is 0 Å². The molecular formula is C16H20O4. The molecule has 4 heteroatoms. The van der Waals surface area contributed by atoms with Crippen molar-refractivity contribution in [2.24, 2.45) is 0 Å². The third-order valence-corrected chi connectivity index (χ3v) is 2.82. The third-order valence-electron chi connectivity index (χ3n) is 2.82. The van der Waals surface area contributed by atoms with Crippen molar-refractivity contribution in [3.8, 4) is 0 Å². The molecule has 1 rings (SSSR count). The monoisotopic (exact) mass is 276 g/mol. The maximum absolute atomic E-state index is 11.9. The van der Waals surface area contributed by atoms with Gasteiger partial charge >= 0.3 is 11.9 Å². The quantitative estimate of drug-likeness (QED) is 0.359. The highest BCUT2D eigenvalue weighted by Crippen LogP contribution is 2.18. The van der Waals surface area contributed by atoms with Crippen LogP contribution in [0.4, 0.5) is 0 Å². The van der Waals surface area contributed by atoms with Gasteiger partial charge in [-0.2, -0.15) is 0 Å². The van der Waals surface area contributed by atoms with Gasteiger partial charge in [-0.15, -0.1) is 0 Å². The second kappa shape index (κ2) is 7.48. The highest BCUT2D eigenvalue weighted by molar-refractivity contribution is 6.17. The lowest BCUT2D eigenvalue weighted by Crippen LogP contribution is -2.18. The van der Waals surface area contributed by atoms with Gasteiger partial charge in [-0.3, -0.25) is 0 Å². The predicted molar refractivity (Wildman–Crippen MR) is 77.2 cm³/mol. The van der Waals surface area contributed by atoms with Gasteiger partial charge in [0.15, 0.2) is 0 Å². The van der Waals surface area contributed by atoms with E-state index < -0.39 is 11.9 Å². The van der Waals surface area contributed by atoms with E-state index in [0.29, 0.717) is 0 Å². The minimum absolute atomic E-state index is 0.0777. The Morgan fingerprint density at radius 3 is 1.85 bits per heavy atom. The molecule has 0 saturated carbocycles. The van der Waals surface area contributed by atoms with Gasteiger partial charge in [0.1, 0.15) is 5.57 Å². The summed E-state index contributed by atoms with van der Waals surface area (Å²) in [6, 6.07) is 5.77. The van der Waals surface area contributed by atoms with Gasteiger partial charge in [0.25, 0.3) is 0 Å². The van der Waals surface area contributed by atoms with Gasteiger partial charge < -0.3 is 9.47 Å². The molecule has 0 amide bonds. The zero-order valence-electron chi connectivity index (χ0n) is 12.4. The largest absolute Gasteiger partial charge is 0.462 e. The number of aryl methyl sites for hydroxylation is 2. The molecule has 0 spiro atoms. The minimum atomic E-state index is -0.659. The topological polar surface area (TPSA) is 52.6 Å². The summed E-state index contributed by atoms with van der Waals surface area (Å²) in [5.74, 6) is -1.32. The fourth-order valence-corrected chi connectivity index (χ4v) is 1.82. The van der Waals surface area contributed by atoms with Crippen LogP contribution in [0.1, 0.15) is 30.5 Å². The van der Waals surface area contributed by atoms with Crippen LogP contribution in [0.5, 0.6) is 0 Å². The van der Waals surface area contributed by atoms with E-state index in [1.165, 1.54) is 0 Å². The van der Waals surface area contributed by atoms with Crippen LogP contribution in [0.2, 0.25) is 0 Å². The molecule has 0 aliphatic carbocycles. The van der Waals surface area contributed by atoms with Crippen LogP contribution in [0.3, 0.4) is 0 Å². The van der Waals surface area contributed by atoms with Gasteiger partial charge in [0, 0.05) is 0 Å². The number of ether oxygens (including phenoxy) is 2. The molecule has 0 aromatic heterocycles. The molecule has 4 nitrogen and oxygen atoms in total. The average molecular weight is 276 g/mol. The Morgan fingerprint density at radius 2 is 1.45 bits per heavy atom. The number of benzene rings is 1. The molecule has 0 heterocycles. The van der Waals surface area contributed by atoms with Crippen LogP contribution in [0.25, 0.3) is 6.08 Å². The Kier molecular flexibility index (Phi) is 5.97. The van der Waals surface area contributed by atoms with E-state index in [0.717, 1.165) is 16.7 Å². The molecular weight excluding hydrogens is 256 g/mol. The lowest BCUT2D eigenvalue weighted by molar-refractivity contribution is -0.146. The molecule has 0 aliphatic heterocycles. The van der Waals surface area contributed by atoms with Crippen molar-refractivity contribution in [3.63, 3.8) is 0 Å². The predicted octanol–water partition coefficient (Wildman–Crippen LogP) is 2.81. The summed E-state index contributed by atoms with van der Waals surface area (Å²) in [5, 5.41) is 0. The Morgan fingerprint density at radius 1 is 1.00 bits per heavy atom. The summed E-state index contributed by atoms with van der Waals surface area (Å²) in [4.78, 5) is 23.8. The van der Waals surface area contributed by atoms with Crippen LogP contribution >= 0.6 is 0 Å². The van der Waals surface area contributed by atoms with Gasteiger partial charge in [0.05, 0.1) is 13.2 Å². The van der Waals surface area contributed by atoms with E-state index in [4.69, 9.17) is 9.47 Å². The average Bonchev–Trinajstić information content (AvgIpc) is 2.38. The maximum atomic E-state index is 11.9. The van der Waals surface area contributed by atoms with Crippen molar-refractivity contribution in [3.05, 3.63) is 40.5 Å². The second-order valence-corrected chi connectivity index (χ2v) is 4.30.